The number of alkyl halides is 3. The highest BCUT2D eigenvalue weighted by Crippen LogP contribution is 2.30. The third kappa shape index (κ3) is 5.10. The predicted molar refractivity (Wildman–Crippen MR) is 118 cm³/mol. The van der Waals surface area contributed by atoms with E-state index in [2.05, 4.69) is 15.5 Å². The molecule has 1 amide bonds. The molecule has 3 rings (SSSR count). The van der Waals surface area contributed by atoms with E-state index in [1.54, 1.807) is 33.8 Å². The Bertz CT molecular complexity index is 1250. The number of halogens is 3. The van der Waals surface area contributed by atoms with E-state index < -0.39 is 22.6 Å². The molecule has 9 nitrogen and oxygen atoms in total. The number of nitrogens with one attached hydrogen (secondary N) is 1. The molecular weight excluding hydrogens is 453 g/mol. The van der Waals surface area contributed by atoms with Crippen molar-refractivity contribution in [3.05, 3.63) is 68.3 Å². The quantitative estimate of drug-likeness (QED) is 0.396. The average Bonchev–Trinajstić information content (AvgIpc) is 3.16. The van der Waals surface area contributed by atoms with Crippen molar-refractivity contribution in [3.63, 3.8) is 0 Å². The maximum Gasteiger partial charge on any atom is 0.416 e. The van der Waals surface area contributed by atoms with E-state index >= 15 is 0 Å². The number of benzene rings is 1. The van der Waals surface area contributed by atoms with Crippen molar-refractivity contribution in [2.24, 2.45) is 5.92 Å². The Morgan fingerprint density at radius 3 is 2.35 bits per heavy atom. The molecule has 0 aliphatic carbocycles. The fourth-order valence-electron chi connectivity index (χ4n) is 3.77. The molecule has 0 fully saturated rings. The van der Waals surface area contributed by atoms with Gasteiger partial charge in [-0.15, -0.1) is 0 Å². The lowest BCUT2D eigenvalue weighted by molar-refractivity contribution is -0.386. The van der Waals surface area contributed by atoms with Gasteiger partial charge in [-0.1, -0.05) is 19.1 Å². The van der Waals surface area contributed by atoms with Crippen LogP contribution in [0, 0.1) is 43.7 Å². The molecule has 1 N–H and O–H groups in total. The number of anilines is 1. The van der Waals surface area contributed by atoms with E-state index in [0.717, 1.165) is 12.1 Å². The molecule has 0 radical (unpaired) electrons. The van der Waals surface area contributed by atoms with Crippen LogP contribution < -0.4 is 5.32 Å². The topological polar surface area (TPSA) is 108 Å². The van der Waals surface area contributed by atoms with Crippen LogP contribution in [0.4, 0.5) is 24.5 Å². The monoisotopic (exact) mass is 478 g/mol. The van der Waals surface area contributed by atoms with Crippen molar-refractivity contribution < 1.29 is 22.9 Å². The van der Waals surface area contributed by atoms with Crippen LogP contribution in [0.15, 0.2) is 24.3 Å². The summed E-state index contributed by atoms with van der Waals surface area (Å²) < 4.78 is 42.0. The molecule has 2 heterocycles. The number of nitrogens with zero attached hydrogens (tertiary/aromatic N) is 5. The lowest BCUT2D eigenvalue weighted by atomic mass is 10.1. The Morgan fingerprint density at radius 1 is 1.12 bits per heavy atom. The number of amides is 1. The average molecular weight is 478 g/mol. The van der Waals surface area contributed by atoms with E-state index in [4.69, 9.17) is 0 Å². The second-order valence-electron chi connectivity index (χ2n) is 8.25. The van der Waals surface area contributed by atoms with Gasteiger partial charge in [0.2, 0.25) is 5.91 Å². The van der Waals surface area contributed by atoms with E-state index in [1.807, 2.05) is 0 Å². The molecule has 0 spiro atoms. The number of hydrogen-bond acceptors (Lipinski definition) is 5. The molecular formula is C22H25F3N6O3. The lowest BCUT2D eigenvalue weighted by Gasteiger charge is -2.14. The zero-order valence-electron chi connectivity index (χ0n) is 19.4. The van der Waals surface area contributed by atoms with E-state index in [9.17, 15) is 28.1 Å². The van der Waals surface area contributed by atoms with Gasteiger partial charge in [0.05, 0.1) is 46.6 Å². The summed E-state index contributed by atoms with van der Waals surface area (Å²) >= 11 is 0. The Morgan fingerprint density at radius 2 is 1.76 bits per heavy atom. The fourth-order valence-corrected chi connectivity index (χ4v) is 3.77. The molecule has 0 aliphatic heterocycles. The van der Waals surface area contributed by atoms with Crippen molar-refractivity contribution in [3.8, 4) is 0 Å². The highest BCUT2D eigenvalue weighted by Gasteiger charge is 2.30. The van der Waals surface area contributed by atoms with Crippen molar-refractivity contribution in [1.29, 1.82) is 0 Å². The van der Waals surface area contributed by atoms with Gasteiger partial charge in [0.25, 0.3) is 0 Å². The normalized spacial score (nSPS) is 12.6. The number of aromatic nitrogens is 4. The molecule has 0 bridgehead atoms. The highest BCUT2D eigenvalue weighted by molar-refractivity contribution is 5.93. The Balaban J connectivity index is 1.75. The standard InChI is InChI=1S/C22H25F3N6O3/c1-12(10-29-16(5)20(31(33)34)14(3)28-29)21(32)26-19-13(2)27-30(15(19)4)11-17-7-6-8-18(9-17)22(23,24)25/h6-9,12H,10-11H2,1-5H3,(H,26,32). The van der Waals surface area contributed by atoms with E-state index in [-0.39, 0.29) is 30.4 Å². The number of rotatable bonds is 7. The van der Waals surface area contributed by atoms with Crippen LogP contribution in [0.1, 0.15) is 40.8 Å². The van der Waals surface area contributed by atoms with Gasteiger partial charge in [0, 0.05) is 0 Å². The minimum absolute atomic E-state index is 0.0739. The summed E-state index contributed by atoms with van der Waals surface area (Å²) in [5, 5.41) is 22.6. The van der Waals surface area contributed by atoms with Crippen LogP contribution in [0.2, 0.25) is 0 Å². The van der Waals surface area contributed by atoms with E-state index in [0.29, 0.717) is 28.3 Å². The summed E-state index contributed by atoms with van der Waals surface area (Å²) in [6.45, 7) is 8.46. The van der Waals surface area contributed by atoms with Gasteiger partial charge >= 0.3 is 11.9 Å². The zero-order chi connectivity index (χ0) is 25.4. The van der Waals surface area contributed by atoms with Crippen molar-refractivity contribution in [1.82, 2.24) is 19.6 Å². The number of hydrogen-bond donors (Lipinski definition) is 1. The van der Waals surface area contributed by atoms with Gasteiger partial charge in [-0.05, 0) is 45.4 Å². The minimum atomic E-state index is -4.44. The fraction of sp³-hybridized carbons (Fsp3) is 0.409. The van der Waals surface area contributed by atoms with Crippen LogP contribution >= 0.6 is 0 Å². The number of carbonyl (C=O) groups is 1. The van der Waals surface area contributed by atoms with Gasteiger partial charge in [0.15, 0.2) is 0 Å². The molecule has 12 heteroatoms. The van der Waals surface area contributed by atoms with Crippen molar-refractivity contribution in [2.75, 3.05) is 5.32 Å². The Labute approximate surface area is 193 Å². The third-order valence-corrected chi connectivity index (χ3v) is 5.64. The summed E-state index contributed by atoms with van der Waals surface area (Å²) in [4.78, 5) is 23.5. The molecule has 34 heavy (non-hydrogen) atoms. The molecule has 182 valence electrons. The summed E-state index contributed by atoms with van der Waals surface area (Å²) in [5.74, 6) is -0.900. The Hall–Kier alpha value is -3.70. The Kier molecular flexibility index (Phi) is 6.80. The lowest BCUT2D eigenvalue weighted by Crippen LogP contribution is -2.25. The zero-order valence-corrected chi connectivity index (χ0v) is 19.4. The predicted octanol–water partition coefficient (Wildman–Crippen LogP) is 4.56. The molecule has 3 aromatic rings. The molecule has 1 unspecified atom stereocenters. The van der Waals surface area contributed by atoms with E-state index in [1.165, 1.54) is 22.4 Å². The number of nitro groups is 1. The highest BCUT2D eigenvalue weighted by atomic mass is 19.4. The summed E-state index contributed by atoms with van der Waals surface area (Å²) in [5.41, 5.74) is 1.85. The maximum absolute atomic E-state index is 13.0. The maximum atomic E-state index is 13.0. The molecule has 0 saturated heterocycles. The van der Waals surface area contributed by atoms with Crippen LogP contribution in [0.25, 0.3) is 0 Å². The van der Waals surface area contributed by atoms with Crippen LogP contribution in [-0.4, -0.2) is 30.4 Å². The van der Waals surface area contributed by atoms with Crippen LogP contribution in [0.5, 0.6) is 0 Å². The SMILES string of the molecule is Cc1nn(Cc2cccc(C(F)(F)F)c2)c(C)c1NC(=O)C(C)Cn1nc(C)c([N+](=O)[O-])c1C. The first-order valence-electron chi connectivity index (χ1n) is 10.5. The number of carbonyl (C=O) groups excluding carboxylic acids is 1. The summed E-state index contributed by atoms with van der Waals surface area (Å²) in [7, 11) is 0. The molecule has 2 aromatic heterocycles. The van der Waals surface area contributed by atoms with Gasteiger partial charge in [-0.2, -0.15) is 23.4 Å². The first-order chi connectivity index (χ1) is 15.8. The van der Waals surface area contributed by atoms with Gasteiger partial charge in [-0.3, -0.25) is 24.3 Å². The van der Waals surface area contributed by atoms with Gasteiger partial charge in [-0.25, -0.2) is 0 Å². The number of aryl methyl sites for hydroxylation is 2. The van der Waals surface area contributed by atoms with Crippen molar-refractivity contribution in [2.45, 2.75) is 53.9 Å². The second kappa shape index (κ2) is 9.27. The largest absolute Gasteiger partial charge is 0.416 e. The van der Waals surface area contributed by atoms with Gasteiger partial charge < -0.3 is 5.32 Å². The molecule has 1 atom stereocenters. The molecule has 0 aliphatic rings. The van der Waals surface area contributed by atoms with Crippen LogP contribution in [-0.2, 0) is 24.1 Å². The second-order valence-corrected chi connectivity index (χ2v) is 8.25. The first kappa shape index (κ1) is 24.9. The van der Waals surface area contributed by atoms with Crippen LogP contribution in [0.3, 0.4) is 0 Å². The third-order valence-electron chi connectivity index (χ3n) is 5.64. The molecule has 1 aromatic carbocycles. The first-order valence-corrected chi connectivity index (χ1v) is 10.5. The van der Waals surface area contributed by atoms with Gasteiger partial charge in [0.1, 0.15) is 11.4 Å². The smallest absolute Gasteiger partial charge is 0.323 e. The van der Waals surface area contributed by atoms with Crippen molar-refractivity contribution >= 4 is 17.3 Å². The molecule has 0 saturated carbocycles. The minimum Gasteiger partial charge on any atom is -0.323 e. The summed E-state index contributed by atoms with van der Waals surface area (Å²) in [6.07, 6.45) is -4.44. The summed E-state index contributed by atoms with van der Waals surface area (Å²) in [6, 6.07) is 5.01.